The van der Waals surface area contributed by atoms with E-state index < -0.39 is 10.0 Å². The first kappa shape index (κ1) is 18.4. The van der Waals surface area contributed by atoms with Gasteiger partial charge in [-0.1, -0.05) is 19.9 Å². The van der Waals surface area contributed by atoms with Crippen LogP contribution < -0.4 is 5.32 Å². The summed E-state index contributed by atoms with van der Waals surface area (Å²) in [6.45, 7) is 7.18. The fourth-order valence-electron chi connectivity index (χ4n) is 2.39. The summed E-state index contributed by atoms with van der Waals surface area (Å²) < 4.78 is 27.2. The van der Waals surface area contributed by atoms with Gasteiger partial charge in [0.05, 0.1) is 6.54 Å². The number of carbonyl (C=O) groups excluding carboxylic acids is 1. The summed E-state index contributed by atoms with van der Waals surface area (Å²) in [5.74, 6) is 0.265. The first-order valence-electron chi connectivity index (χ1n) is 7.93. The number of hydrogen-bond acceptors (Lipinski definition) is 5. The molecule has 0 unspecified atom stereocenters. The summed E-state index contributed by atoms with van der Waals surface area (Å²) in [5, 5.41) is 4.93. The molecule has 8 heteroatoms. The van der Waals surface area contributed by atoms with Gasteiger partial charge in [0.15, 0.2) is 0 Å². The van der Waals surface area contributed by atoms with Crippen LogP contribution in [0.25, 0.3) is 0 Å². The minimum Gasteiger partial charge on any atom is -0.339 e. The normalized spacial score (nSPS) is 16.3. The summed E-state index contributed by atoms with van der Waals surface area (Å²) in [6, 6.07) is 3.31. The SMILES string of the molecule is CC(C)CCN(CC(=O)N1CCNCC1)S(=O)(=O)c1cccs1. The topological polar surface area (TPSA) is 69.7 Å². The van der Waals surface area contributed by atoms with Crippen molar-refractivity contribution in [3.63, 3.8) is 0 Å². The van der Waals surface area contributed by atoms with Gasteiger partial charge in [-0.15, -0.1) is 11.3 Å². The highest BCUT2D eigenvalue weighted by Crippen LogP contribution is 2.22. The number of rotatable bonds is 7. The van der Waals surface area contributed by atoms with E-state index in [1.807, 2.05) is 13.8 Å². The van der Waals surface area contributed by atoms with E-state index >= 15 is 0 Å². The van der Waals surface area contributed by atoms with Crippen LogP contribution in [-0.2, 0) is 14.8 Å². The van der Waals surface area contributed by atoms with Crippen LogP contribution in [0.4, 0.5) is 0 Å². The Labute approximate surface area is 142 Å². The third kappa shape index (κ3) is 5.00. The molecule has 1 aromatic rings. The Balaban J connectivity index is 2.12. The lowest BCUT2D eigenvalue weighted by Gasteiger charge is -2.30. The summed E-state index contributed by atoms with van der Waals surface area (Å²) in [5.41, 5.74) is 0. The van der Waals surface area contributed by atoms with E-state index in [-0.39, 0.29) is 12.5 Å². The van der Waals surface area contributed by atoms with Gasteiger partial charge in [-0.25, -0.2) is 8.42 Å². The van der Waals surface area contributed by atoms with Gasteiger partial charge in [0.25, 0.3) is 10.0 Å². The van der Waals surface area contributed by atoms with Crippen LogP contribution in [0.2, 0.25) is 0 Å². The number of carbonyl (C=O) groups is 1. The predicted molar refractivity (Wildman–Crippen MR) is 92.0 cm³/mol. The van der Waals surface area contributed by atoms with Crippen molar-refractivity contribution >= 4 is 27.3 Å². The molecule has 0 bridgehead atoms. The Morgan fingerprint density at radius 1 is 1.39 bits per heavy atom. The molecule has 0 atom stereocenters. The molecular formula is C15H25N3O3S2. The third-order valence-corrected chi connectivity index (χ3v) is 7.04. The van der Waals surface area contributed by atoms with Crippen LogP contribution in [0.1, 0.15) is 20.3 Å². The van der Waals surface area contributed by atoms with Crippen LogP contribution in [0.15, 0.2) is 21.7 Å². The summed E-state index contributed by atoms with van der Waals surface area (Å²) in [4.78, 5) is 14.2. The van der Waals surface area contributed by atoms with E-state index in [2.05, 4.69) is 5.32 Å². The van der Waals surface area contributed by atoms with Gasteiger partial charge >= 0.3 is 0 Å². The van der Waals surface area contributed by atoms with E-state index in [1.54, 1.807) is 22.4 Å². The molecule has 1 aromatic heterocycles. The van der Waals surface area contributed by atoms with Crippen molar-refractivity contribution in [2.75, 3.05) is 39.3 Å². The number of amides is 1. The fraction of sp³-hybridized carbons (Fsp3) is 0.667. The first-order chi connectivity index (χ1) is 10.9. The Morgan fingerprint density at radius 2 is 2.09 bits per heavy atom. The maximum Gasteiger partial charge on any atom is 0.253 e. The third-order valence-electron chi connectivity index (χ3n) is 3.83. The van der Waals surface area contributed by atoms with Crippen LogP contribution in [0.5, 0.6) is 0 Å². The van der Waals surface area contributed by atoms with E-state index in [1.165, 1.54) is 15.6 Å². The molecule has 1 N–H and O–H groups in total. The van der Waals surface area contributed by atoms with Crippen molar-refractivity contribution in [3.8, 4) is 0 Å². The van der Waals surface area contributed by atoms with Gasteiger partial charge in [-0.2, -0.15) is 4.31 Å². The summed E-state index contributed by atoms with van der Waals surface area (Å²) in [7, 11) is -3.60. The average Bonchev–Trinajstić information content (AvgIpc) is 3.07. The van der Waals surface area contributed by atoms with Crippen LogP contribution in [0.3, 0.4) is 0 Å². The molecule has 1 amide bonds. The van der Waals surface area contributed by atoms with Gasteiger partial charge in [-0.05, 0) is 23.8 Å². The minimum atomic E-state index is -3.60. The smallest absolute Gasteiger partial charge is 0.253 e. The lowest BCUT2D eigenvalue weighted by atomic mass is 10.1. The maximum absolute atomic E-state index is 12.8. The maximum atomic E-state index is 12.8. The Kier molecular flexibility index (Phi) is 6.58. The minimum absolute atomic E-state index is 0.0764. The Morgan fingerprint density at radius 3 is 2.65 bits per heavy atom. The molecule has 6 nitrogen and oxygen atoms in total. The van der Waals surface area contributed by atoms with Crippen LogP contribution >= 0.6 is 11.3 Å². The summed E-state index contributed by atoms with van der Waals surface area (Å²) in [6.07, 6.45) is 0.736. The van der Waals surface area contributed by atoms with Gasteiger partial charge in [0.1, 0.15) is 4.21 Å². The van der Waals surface area contributed by atoms with E-state index in [0.717, 1.165) is 19.5 Å². The van der Waals surface area contributed by atoms with E-state index in [9.17, 15) is 13.2 Å². The molecule has 2 rings (SSSR count). The van der Waals surface area contributed by atoms with Crippen molar-refractivity contribution in [1.82, 2.24) is 14.5 Å². The first-order valence-corrected chi connectivity index (χ1v) is 10.3. The monoisotopic (exact) mass is 359 g/mol. The standard InChI is InChI=1S/C15H25N3O3S2/c1-13(2)5-8-18(23(20,21)15-4-3-11-22-15)12-14(19)17-9-6-16-7-10-17/h3-4,11,13,16H,5-10,12H2,1-2H3. The van der Waals surface area contributed by atoms with Crippen LogP contribution in [0, 0.1) is 5.92 Å². The molecule has 1 aliphatic rings. The molecule has 0 spiro atoms. The fourth-order valence-corrected chi connectivity index (χ4v) is 4.94. The second-order valence-corrected chi connectivity index (χ2v) is 9.20. The number of nitrogens with zero attached hydrogens (tertiary/aromatic N) is 2. The zero-order valence-electron chi connectivity index (χ0n) is 13.7. The van der Waals surface area contributed by atoms with E-state index in [0.29, 0.717) is 29.8 Å². The Bertz CT molecular complexity index is 593. The van der Waals surface area contributed by atoms with Crippen molar-refractivity contribution in [1.29, 1.82) is 0 Å². The number of sulfonamides is 1. The zero-order chi connectivity index (χ0) is 16.9. The molecule has 1 aliphatic heterocycles. The largest absolute Gasteiger partial charge is 0.339 e. The molecule has 1 saturated heterocycles. The lowest BCUT2D eigenvalue weighted by molar-refractivity contribution is -0.132. The highest BCUT2D eigenvalue weighted by molar-refractivity contribution is 7.91. The number of nitrogens with one attached hydrogen (secondary N) is 1. The van der Waals surface area contributed by atoms with E-state index in [4.69, 9.17) is 0 Å². The average molecular weight is 360 g/mol. The molecule has 23 heavy (non-hydrogen) atoms. The van der Waals surface area contributed by atoms with Gasteiger partial charge in [0.2, 0.25) is 5.91 Å². The number of thiophene rings is 1. The molecule has 0 aliphatic carbocycles. The van der Waals surface area contributed by atoms with Gasteiger partial charge in [0, 0.05) is 32.7 Å². The molecule has 130 valence electrons. The van der Waals surface area contributed by atoms with Crippen molar-refractivity contribution in [2.24, 2.45) is 5.92 Å². The lowest BCUT2D eigenvalue weighted by Crippen LogP contribution is -2.50. The van der Waals surface area contributed by atoms with Gasteiger partial charge < -0.3 is 10.2 Å². The summed E-state index contributed by atoms with van der Waals surface area (Å²) >= 11 is 1.19. The highest BCUT2D eigenvalue weighted by Gasteiger charge is 2.29. The second kappa shape index (κ2) is 8.23. The molecule has 0 aromatic carbocycles. The molecule has 0 radical (unpaired) electrons. The number of piperazine rings is 1. The van der Waals surface area contributed by atoms with Crippen LogP contribution in [-0.4, -0.2) is 62.8 Å². The van der Waals surface area contributed by atoms with Crippen molar-refractivity contribution in [3.05, 3.63) is 17.5 Å². The molecule has 1 fully saturated rings. The predicted octanol–water partition coefficient (Wildman–Crippen LogP) is 1.22. The highest BCUT2D eigenvalue weighted by atomic mass is 32.2. The quantitative estimate of drug-likeness (QED) is 0.795. The van der Waals surface area contributed by atoms with Gasteiger partial charge in [-0.3, -0.25) is 4.79 Å². The zero-order valence-corrected chi connectivity index (χ0v) is 15.3. The molecule has 2 heterocycles. The van der Waals surface area contributed by atoms with Crippen molar-refractivity contribution < 1.29 is 13.2 Å². The Hall–Kier alpha value is -0.960. The number of hydrogen-bond donors (Lipinski definition) is 1. The second-order valence-electron chi connectivity index (χ2n) is 6.08. The molecular weight excluding hydrogens is 334 g/mol. The van der Waals surface area contributed by atoms with Crippen molar-refractivity contribution in [2.45, 2.75) is 24.5 Å². The molecule has 0 saturated carbocycles.